The molecule has 0 spiro atoms. The van der Waals surface area contributed by atoms with Gasteiger partial charge in [0.2, 0.25) is 0 Å². The first-order valence-corrected chi connectivity index (χ1v) is 6.32. The van der Waals surface area contributed by atoms with E-state index in [2.05, 4.69) is 9.97 Å². The lowest BCUT2D eigenvalue weighted by atomic mass is 10.1. The highest BCUT2D eigenvalue weighted by Gasteiger charge is 2.08. The summed E-state index contributed by atoms with van der Waals surface area (Å²) in [6.07, 6.45) is 2.41. The molecule has 0 saturated carbocycles. The van der Waals surface area contributed by atoms with Crippen molar-refractivity contribution in [3.63, 3.8) is 0 Å². The van der Waals surface area contributed by atoms with Crippen molar-refractivity contribution in [1.29, 1.82) is 0 Å². The summed E-state index contributed by atoms with van der Waals surface area (Å²) >= 11 is 17.1. The first-order chi connectivity index (χ1) is 8.13. The maximum absolute atomic E-state index is 6.01. The summed E-state index contributed by atoms with van der Waals surface area (Å²) in [7, 11) is 0. The van der Waals surface area contributed by atoms with Crippen LogP contribution in [0.3, 0.4) is 0 Å². The molecule has 0 saturated heterocycles. The number of benzene rings is 1. The molecule has 0 fully saturated rings. The van der Waals surface area contributed by atoms with Gasteiger partial charge in [0, 0.05) is 5.56 Å². The topological polar surface area (TPSA) is 28.7 Å². The van der Waals surface area contributed by atoms with Crippen LogP contribution in [0.25, 0.3) is 11.3 Å². The van der Waals surface area contributed by atoms with Gasteiger partial charge in [0.1, 0.15) is 4.64 Å². The van der Waals surface area contributed by atoms with Crippen LogP contribution >= 0.6 is 35.4 Å². The molecule has 2 nitrogen and oxygen atoms in total. The maximum atomic E-state index is 6.01. The summed E-state index contributed by atoms with van der Waals surface area (Å²) in [4.78, 5) is 7.19. The number of aromatic nitrogens is 2. The molecule has 0 radical (unpaired) electrons. The molecule has 5 heteroatoms. The van der Waals surface area contributed by atoms with Gasteiger partial charge in [0.05, 0.1) is 22.1 Å². The van der Waals surface area contributed by atoms with Crippen LogP contribution in [-0.4, -0.2) is 9.97 Å². The predicted molar refractivity (Wildman–Crippen MR) is 74.3 cm³/mol. The number of aromatic amines is 1. The van der Waals surface area contributed by atoms with Gasteiger partial charge < -0.3 is 4.98 Å². The average Bonchev–Trinajstić information content (AvgIpc) is 2.32. The summed E-state index contributed by atoms with van der Waals surface area (Å²) in [6, 6.07) is 5.51. The van der Waals surface area contributed by atoms with Gasteiger partial charge in [-0.25, -0.2) is 4.98 Å². The van der Waals surface area contributed by atoms with Crippen LogP contribution in [0.1, 0.15) is 12.5 Å². The molecule has 2 aromatic rings. The Labute approximate surface area is 115 Å². The number of H-pyrrole nitrogens is 1. The monoisotopic (exact) mass is 284 g/mol. The molecule has 1 heterocycles. The summed E-state index contributed by atoms with van der Waals surface area (Å²) in [5.74, 6) is 0. The third kappa shape index (κ3) is 2.51. The van der Waals surface area contributed by atoms with E-state index in [1.165, 1.54) is 0 Å². The zero-order valence-corrected chi connectivity index (χ0v) is 11.5. The maximum Gasteiger partial charge on any atom is 0.133 e. The molecule has 0 bridgehead atoms. The van der Waals surface area contributed by atoms with Crippen molar-refractivity contribution in [1.82, 2.24) is 9.97 Å². The summed E-state index contributed by atoms with van der Waals surface area (Å²) in [6.45, 7) is 2.04. The summed E-state index contributed by atoms with van der Waals surface area (Å²) in [5.41, 5.74) is 2.93. The van der Waals surface area contributed by atoms with E-state index in [1.807, 2.05) is 19.1 Å². The van der Waals surface area contributed by atoms with Gasteiger partial charge in [0.25, 0.3) is 0 Å². The van der Waals surface area contributed by atoms with Crippen molar-refractivity contribution >= 4 is 35.4 Å². The van der Waals surface area contributed by atoms with Crippen molar-refractivity contribution in [3.8, 4) is 11.3 Å². The smallest absolute Gasteiger partial charge is 0.133 e. The Morgan fingerprint density at radius 3 is 2.71 bits per heavy atom. The molecule has 17 heavy (non-hydrogen) atoms. The average molecular weight is 285 g/mol. The second-order valence-corrected chi connectivity index (χ2v) is 4.74. The summed E-state index contributed by atoms with van der Waals surface area (Å²) in [5, 5.41) is 1.07. The number of nitrogens with zero attached hydrogens (tertiary/aromatic N) is 1. The number of halogens is 2. The van der Waals surface area contributed by atoms with Crippen LogP contribution in [0, 0.1) is 4.64 Å². The minimum Gasteiger partial charge on any atom is -0.346 e. The number of rotatable bonds is 2. The van der Waals surface area contributed by atoms with E-state index in [9.17, 15) is 0 Å². The van der Waals surface area contributed by atoms with Crippen LogP contribution in [0.15, 0.2) is 24.5 Å². The number of hydrogen-bond acceptors (Lipinski definition) is 2. The van der Waals surface area contributed by atoms with Crippen LogP contribution in [0.5, 0.6) is 0 Å². The van der Waals surface area contributed by atoms with E-state index < -0.39 is 0 Å². The normalized spacial score (nSPS) is 10.5. The highest BCUT2D eigenvalue weighted by atomic mass is 35.5. The van der Waals surface area contributed by atoms with E-state index in [0.717, 1.165) is 23.2 Å². The fourth-order valence-electron chi connectivity index (χ4n) is 1.66. The minimum atomic E-state index is 0.530. The Hall–Kier alpha value is -0.900. The van der Waals surface area contributed by atoms with Crippen LogP contribution in [-0.2, 0) is 6.42 Å². The second-order valence-electron chi connectivity index (χ2n) is 3.54. The van der Waals surface area contributed by atoms with Crippen molar-refractivity contribution in [3.05, 3.63) is 44.8 Å². The molecule has 88 valence electrons. The molecule has 0 unspecified atom stereocenters. The fourth-order valence-corrected chi connectivity index (χ4v) is 2.26. The Balaban J connectivity index is 2.64. The molecule has 0 aliphatic rings. The van der Waals surface area contributed by atoms with Crippen molar-refractivity contribution in [2.24, 2.45) is 0 Å². The quantitative estimate of drug-likeness (QED) is 0.812. The van der Waals surface area contributed by atoms with Crippen molar-refractivity contribution in [2.45, 2.75) is 13.3 Å². The van der Waals surface area contributed by atoms with Gasteiger partial charge in [0.15, 0.2) is 0 Å². The molecule has 1 aromatic heterocycles. The predicted octanol–water partition coefficient (Wildman–Crippen LogP) is 4.68. The van der Waals surface area contributed by atoms with Gasteiger partial charge in [-0.3, -0.25) is 0 Å². The number of nitrogens with one attached hydrogen (secondary N) is 1. The molecule has 2 rings (SSSR count). The molecule has 1 N–H and O–H groups in total. The SMILES string of the molecule is CCc1c(-c2ccc(Cl)c(Cl)c2)[nH]cnc1=S. The Kier molecular flexibility index (Phi) is 3.82. The van der Waals surface area contributed by atoms with Gasteiger partial charge in [-0.15, -0.1) is 0 Å². The van der Waals surface area contributed by atoms with Crippen LogP contribution in [0.2, 0.25) is 10.0 Å². The third-order valence-electron chi connectivity index (χ3n) is 2.51. The van der Waals surface area contributed by atoms with E-state index in [4.69, 9.17) is 35.4 Å². The standard InChI is InChI=1S/C12H10Cl2N2S/c1-2-8-11(15-6-16-12(8)17)7-3-4-9(13)10(14)5-7/h3-6H,2H2,1H3,(H,15,16,17). The van der Waals surface area contributed by atoms with Gasteiger partial charge >= 0.3 is 0 Å². The van der Waals surface area contributed by atoms with Gasteiger partial charge in [-0.2, -0.15) is 0 Å². The zero-order valence-electron chi connectivity index (χ0n) is 9.13. The lowest BCUT2D eigenvalue weighted by Gasteiger charge is -2.08. The zero-order chi connectivity index (χ0) is 12.4. The third-order valence-corrected chi connectivity index (χ3v) is 3.60. The highest BCUT2D eigenvalue weighted by Crippen LogP contribution is 2.29. The highest BCUT2D eigenvalue weighted by molar-refractivity contribution is 7.71. The first kappa shape index (κ1) is 12.6. The summed E-state index contributed by atoms with van der Waals surface area (Å²) < 4.78 is 0.618. The first-order valence-electron chi connectivity index (χ1n) is 5.15. The lowest BCUT2D eigenvalue weighted by Crippen LogP contribution is -1.95. The van der Waals surface area contributed by atoms with Crippen LogP contribution < -0.4 is 0 Å². The molecule has 0 atom stereocenters. The molecular weight excluding hydrogens is 275 g/mol. The number of hydrogen-bond donors (Lipinski definition) is 1. The Morgan fingerprint density at radius 1 is 1.29 bits per heavy atom. The molecule has 0 amide bonds. The molecular formula is C12H10Cl2N2S. The van der Waals surface area contributed by atoms with E-state index >= 15 is 0 Å². The molecule has 0 aliphatic carbocycles. The molecule has 1 aromatic carbocycles. The minimum absolute atomic E-state index is 0.530. The van der Waals surface area contributed by atoms with Gasteiger partial charge in [-0.1, -0.05) is 48.4 Å². The largest absolute Gasteiger partial charge is 0.346 e. The Bertz CT molecular complexity index is 608. The van der Waals surface area contributed by atoms with Gasteiger partial charge in [-0.05, 0) is 24.1 Å². The Morgan fingerprint density at radius 2 is 2.06 bits per heavy atom. The van der Waals surface area contributed by atoms with Crippen LogP contribution in [0.4, 0.5) is 0 Å². The fraction of sp³-hybridized carbons (Fsp3) is 0.167. The lowest BCUT2D eigenvalue weighted by molar-refractivity contribution is 1.04. The second kappa shape index (κ2) is 5.17. The van der Waals surface area contributed by atoms with E-state index in [0.29, 0.717) is 14.7 Å². The van der Waals surface area contributed by atoms with E-state index in [1.54, 1.807) is 12.4 Å². The van der Waals surface area contributed by atoms with Crippen molar-refractivity contribution < 1.29 is 0 Å². The molecule has 0 aliphatic heterocycles. The van der Waals surface area contributed by atoms with Crippen molar-refractivity contribution in [2.75, 3.05) is 0 Å². The van der Waals surface area contributed by atoms with E-state index in [-0.39, 0.29) is 0 Å².